The number of hydrogen-bond acceptors (Lipinski definition) is 4. The standard InChI is InChI=1S/C42H36O4/c1-45-39(43)37(40(44)46-2)30-41(29-31-18-8-3-9-19-31)38(28-36(32-20-10-4-11-21-32)33-22-12-5-13-23-33)42(41,34-24-14-6-15-25-34)35-26-16-7-17-27-35/h3-28,30,38H,29H2,1-2H3/t38-,41+/m1/s1. The van der Waals surface area contributed by atoms with Gasteiger partial charge in [0.25, 0.3) is 0 Å². The van der Waals surface area contributed by atoms with Gasteiger partial charge in [-0.25, -0.2) is 9.59 Å². The minimum Gasteiger partial charge on any atom is -0.465 e. The van der Waals surface area contributed by atoms with Crippen molar-refractivity contribution in [2.75, 3.05) is 14.2 Å². The van der Waals surface area contributed by atoms with E-state index in [0.717, 1.165) is 33.4 Å². The van der Waals surface area contributed by atoms with Gasteiger partial charge in [-0.15, -0.1) is 0 Å². The van der Waals surface area contributed by atoms with Crippen molar-refractivity contribution >= 4 is 17.5 Å². The summed E-state index contributed by atoms with van der Waals surface area (Å²) in [6, 6.07) is 51.7. The van der Waals surface area contributed by atoms with Crippen LogP contribution in [0.4, 0.5) is 0 Å². The lowest BCUT2D eigenvalue weighted by atomic mass is 9.77. The van der Waals surface area contributed by atoms with Crippen LogP contribution in [0, 0.1) is 11.3 Å². The lowest BCUT2D eigenvalue weighted by Crippen LogP contribution is -2.24. The molecule has 1 aliphatic carbocycles. The maximum atomic E-state index is 13.3. The Kier molecular flexibility index (Phi) is 8.80. The molecule has 1 fully saturated rings. The monoisotopic (exact) mass is 604 g/mol. The molecular weight excluding hydrogens is 568 g/mol. The number of carbonyl (C=O) groups excluding carboxylic acids is 2. The highest BCUT2D eigenvalue weighted by atomic mass is 16.5. The van der Waals surface area contributed by atoms with Gasteiger partial charge in [-0.05, 0) is 39.8 Å². The molecule has 0 aromatic heterocycles. The zero-order valence-electron chi connectivity index (χ0n) is 26.0. The Balaban J connectivity index is 1.74. The van der Waals surface area contributed by atoms with Crippen LogP contribution in [-0.2, 0) is 30.9 Å². The molecule has 0 saturated heterocycles. The molecule has 5 aromatic carbocycles. The molecule has 46 heavy (non-hydrogen) atoms. The van der Waals surface area contributed by atoms with E-state index in [-0.39, 0.29) is 11.5 Å². The van der Waals surface area contributed by atoms with Crippen LogP contribution in [0.15, 0.2) is 169 Å². The molecule has 1 saturated carbocycles. The van der Waals surface area contributed by atoms with Crippen molar-refractivity contribution in [2.45, 2.75) is 11.8 Å². The molecule has 5 aromatic rings. The molecule has 0 N–H and O–H groups in total. The van der Waals surface area contributed by atoms with Crippen molar-refractivity contribution in [3.05, 3.63) is 197 Å². The minimum absolute atomic E-state index is 0.117. The van der Waals surface area contributed by atoms with E-state index in [1.54, 1.807) is 0 Å². The summed E-state index contributed by atoms with van der Waals surface area (Å²) in [7, 11) is 2.58. The Morgan fingerprint density at radius 1 is 0.587 bits per heavy atom. The first-order chi connectivity index (χ1) is 22.5. The van der Waals surface area contributed by atoms with Gasteiger partial charge in [-0.1, -0.05) is 164 Å². The number of benzene rings is 5. The highest BCUT2D eigenvalue weighted by Crippen LogP contribution is 2.76. The summed E-state index contributed by atoms with van der Waals surface area (Å²) in [6.45, 7) is 0. The molecule has 0 radical (unpaired) electrons. The third-order valence-electron chi connectivity index (χ3n) is 9.19. The summed E-state index contributed by atoms with van der Waals surface area (Å²) >= 11 is 0. The summed E-state index contributed by atoms with van der Waals surface area (Å²) in [5.41, 5.74) is 4.94. The first kappa shape index (κ1) is 30.5. The molecule has 0 heterocycles. The molecule has 0 spiro atoms. The highest BCUT2D eigenvalue weighted by molar-refractivity contribution is 6.14. The Hall–Kier alpha value is -5.48. The predicted octanol–water partition coefficient (Wildman–Crippen LogP) is 8.24. The summed E-state index contributed by atoms with van der Waals surface area (Å²) in [5.74, 6) is -1.64. The Bertz CT molecular complexity index is 1750. The van der Waals surface area contributed by atoms with E-state index in [2.05, 4.69) is 66.7 Å². The van der Waals surface area contributed by atoms with Gasteiger partial charge in [-0.3, -0.25) is 0 Å². The zero-order chi connectivity index (χ0) is 32.0. The molecule has 2 atom stereocenters. The van der Waals surface area contributed by atoms with Crippen LogP contribution in [-0.4, -0.2) is 26.2 Å². The van der Waals surface area contributed by atoms with Crippen LogP contribution in [0.2, 0.25) is 0 Å². The van der Waals surface area contributed by atoms with Gasteiger partial charge in [0, 0.05) is 16.7 Å². The summed E-state index contributed by atoms with van der Waals surface area (Å²) < 4.78 is 10.3. The SMILES string of the molecule is COC(=O)C(=C[C@@]1(Cc2ccccc2)[C@@H](C=C(c2ccccc2)c2ccccc2)C1(c1ccccc1)c1ccccc1)C(=O)OC. The van der Waals surface area contributed by atoms with E-state index in [0.29, 0.717) is 6.42 Å². The predicted molar refractivity (Wildman–Crippen MR) is 182 cm³/mol. The maximum absolute atomic E-state index is 13.3. The minimum atomic E-state index is -0.774. The van der Waals surface area contributed by atoms with Crippen LogP contribution >= 0.6 is 0 Å². The third kappa shape index (κ3) is 5.48. The smallest absolute Gasteiger partial charge is 0.344 e. The largest absolute Gasteiger partial charge is 0.465 e. The normalized spacial score (nSPS) is 17.7. The summed E-state index contributed by atoms with van der Waals surface area (Å²) in [4.78, 5) is 26.6. The maximum Gasteiger partial charge on any atom is 0.344 e. The van der Waals surface area contributed by atoms with Crippen LogP contribution in [0.25, 0.3) is 5.57 Å². The molecule has 0 bridgehead atoms. The number of esters is 2. The average molecular weight is 605 g/mol. The van der Waals surface area contributed by atoms with Crippen LogP contribution in [0.3, 0.4) is 0 Å². The molecule has 1 aliphatic rings. The third-order valence-corrected chi connectivity index (χ3v) is 9.19. The van der Waals surface area contributed by atoms with Gasteiger partial charge in [0.15, 0.2) is 0 Å². The fourth-order valence-corrected chi connectivity index (χ4v) is 7.21. The molecule has 4 nitrogen and oxygen atoms in total. The second kappa shape index (κ2) is 13.3. The lowest BCUT2D eigenvalue weighted by Gasteiger charge is -2.26. The van der Waals surface area contributed by atoms with Gasteiger partial charge in [-0.2, -0.15) is 0 Å². The van der Waals surface area contributed by atoms with E-state index in [9.17, 15) is 9.59 Å². The second-order valence-electron chi connectivity index (χ2n) is 11.6. The lowest BCUT2D eigenvalue weighted by molar-refractivity contribution is -0.144. The quantitative estimate of drug-likeness (QED) is 0.0698. The molecule has 6 rings (SSSR count). The van der Waals surface area contributed by atoms with E-state index < -0.39 is 22.8 Å². The summed E-state index contributed by atoms with van der Waals surface area (Å²) in [5, 5.41) is 0. The first-order valence-electron chi connectivity index (χ1n) is 15.4. The van der Waals surface area contributed by atoms with Crippen LogP contribution < -0.4 is 0 Å². The van der Waals surface area contributed by atoms with Crippen molar-refractivity contribution in [1.82, 2.24) is 0 Å². The zero-order valence-corrected chi connectivity index (χ0v) is 26.0. The van der Waals surface area contributed by atoms with E-state index in [4.69, 9.17) is 9.47 Å². The Labute approximate surface area is 270 Å². The van der Waals surface area contributed by atoms with Crippen LogP contribution in [0.5, 0.6) is 0 Å². The number of methoxy groups -OCH3 is 2. The van der Waals surface area contributed by atoms with Crippen molar-refractivity contribution < 1.29 is 19.1 Å². The fraction of sp³-hybridized carbons (Fsp3) is 0.143. The number of rotatable bonds is 10. The van der Waals surface area contributed by atoms with E-state index in [1.807, 2.05) is 97.1 Å². The van der Waals surface area contributed by atoms with Crippen molar-refractivity contribution in [3.8, 4) is 0 Å². The van der Waals surface area contributed by atoms with Gasteiger partial charge < -0.3 is 9.47 Å². The number of allylic oxidation sites excluding steroid dienone is 2. The summed E-state index contributed by atoms with van der Waals surface area (Å²) in [6.07, 6.45) is 4.73. The average Bonchev–Trinajstić information content (AvgIpc) is 3.70. The van der Waals surface area contributed by atoms with Crippen molar-refractivity contribution in [1.29, 1.82) is 0 Å². The van der Waals surface area contributed by atoms with Gasteiger partial charge >= 0.3 is 11.9 Å². The topological polar surface area (TPSA) is 52.6 Å². The van der Waals surface area contributed by atoms with Gasteiger partial charge in [0.05, 0.1) is 14.2 Å². The fourth-order valence-electron chi connectivity index (χ4n) is 7.21. The number of ether oxygens (including phenoxy) is 2. The van der Waals surface area contributed by atoms with Crippen molar-refractivity contribution in [3.63, 3.8) is 0 Å². The number of carbonyl (C=O) groups is 2. The van der Waals surface area contributed by atoms with Gasteiger partial charge in [0.1, 0.15) is 5.57 Å². The van der Waals surface area contributed by atoms with E-state index in [1.165, 1.54) is 14.2 Å². The first-order valence-corrected chi connectivity index (χ1v) is 15.4. The van der Waals surface area contributed by atoms with Crippen LogP contribution in [0.1, 0.15) is 27.8 Å². The highest BCUT2D eigenvalue weighted by Gasteiger charge is 2.75. The molecular formula is C42H36O4. The molecule has 0 amide bonds. The molecule has 0 unspecified atom stereocenters. The second-order valence-corrected chi connectivity index (χ2v) is 11.6. The van der Waals surface area contributed by atoms with E-state index >= 15 is 0 Å². The molecule has 4 heteroatoms. The molecule has 0 aliphatic heterocycles. The Morgan fingerprint density at radius 2 is 0.978 bits per heavy atom. The van der Waals surface area contributed by atoms with Crippen molar-refractivity contribution in [2.24, 2.45) is 11.3 Å². The Morgan fingerprint density at radius 3 is 1.39 bits per heavy atom. The van der Waals surface area contributed by atoms with Gasteiger partial charge in [0.2, 0.25) is 0 Å². The number of hydrogen-bond donors (Lipinski definition) is 0. The molecule has 228 valence electrons.